The minimum atomic E-state index is -1.55. The first-order valence-corrected chi connectivity index (χ1v) is 11.0. The Hall–Kier alpha value is -2.01. The van der Waals surface area contributed by atoms with Gasteiger partial charge in [0.2, 0.25) is 5.37 Å². The molecule has 8 nitrogen and oxygen atoms in total. The molecule has 0 aromatic heterocycles. The molecule has 0 aliphatic carbocycles. The van der Waals surface area contributed by atoms with Gasteiger partial charge in [-0.15, -0.1) is 11.8 Å². The van der Waals surface area contributed by atoms with Crippen molar-refractivity contribution in [3.63, 3.8) is 0 Å². The molecule has 1 aromatic rings. The molecule has 2 aliphatic rings. The maximum absolute atomic E-state index is 12.9. The first-order valence-electron chi connectivity index (χ1n) is 8.45. The topological polar surface area (TPSA) is 122 Å². The Morgan fingerprint density at radius 1 is 1.25 bits per heavy atom. The molecule has 1 saturated heterocycles. The molecule has 1 amide bonds. The van der Waals surface area contributed by atoms with E-state index >= 15 is 0 Å². The first-order chi connectivity index (χ1) is 13.4. The number of esters is 2. The van der Waals surface area contributed by atoms with Gasteiger partial charge in [-0.25, -0.2) is 4.79 Å². The van der Waals surface area contributed by atoms with Crippen LogP contribution in [0.1, 0.15) is 12.5 Å². The van der Waals surface area contributed by atoms with Gasteiger partial charge in [-0.1, -0.05) is 30.3 Å². The Labute approximate surface area is 169 Å². The van der Waals surface area contributed by atoms with Gasteiger partial charge in [-0.05, 0) is 23.0 Å². The first kappa shape index (κ1) is 20.7. The van der Waals surface area contributed by atoms with Crippen LogP contribution in [-0.2, 0) is 41.6 Å². The zero-order valence-corrected chi connectivity index (χ0v) is 17.0. The van der Waals surface area contributed by atoms with Gasteiger partial charge in [0.15, 0.2) is 10.6 Å². The lowest BCUT2D eigenvalue weighted by atomic mass is 10.0. The molecule has 1 aromatic carbocycles. The summed E-state index contributed by atoms with van der Waals surface area (Å²) in [7, 11) is 0. The number of β-lactam (4-membered cyclic amide) rings is 1. The zero-order valence-electron chi connectivity index (χ0n) is 15.3. The van der Waals surface area contributed by atoms with Gasteiger partial charge in [-0.2, -0.15) is 0 Å². The number of hydrogen-bond donors (Lipinski definition) is 1. The predicted octanol–water partition coefficient (Wildman–Crippen LogP) is 0.494. The number of amides is 1. The Morgan fingerprint density at radius 2 is 1.93 bits per heavy atom. The van der Waals surface area contributed by atoms with Crippen LogP contribution in [-0.4, -0.2) is 56.2 Å². The Bertz CT molecular complexity index is 816. The highest BCUT2D eigenvalue weighted by atomic mass is 32.3. The van der Waals surface area contributed by atoms with Crippen molar-refractivity contribution in [2.24, 2.45) is 5.73 Å². The van der Waals surface area contributed by atoms with Gasteiger partial charge in [0, 0.05) is 6.92 Å². The normalized spacial score (nSPS) is 26.4. The van der Waals surface area contributed by atoms with Crippen molar-refractivity contribution >= 4 is 40.8 Å². The molecular formula is C18H20N2O6S2. The predicted molar refractivity (Wildman–Crippen MR) is 104 cm³/mol. The van der Waals surface area contributed by atoms with Crippen LogP contribution in [0.3, 0.4) is 0 Å². The van der Waals surface area contributed by atoms with Crippen molar-refractivity contribution in [1.29, 1.82) is 0 Å². The third-order valence-electron chi connectivity index (χ3n) is 4.41. The molecule has 2 N–H and O–H groups in total. The number of carbonyl (C=O) groups is 3. The lowest BCUT2D eigenvalue weighted by molar-refractivity contribution is -0.152. The summed E-state index contributed by atoms with van der Waals surface area (Å²) in [6.07, 6.45) is 1.73. The number of nitrogens with zero attached hydrogens (tertiary/aromatic N) is 1. The molecule has 0 saturated carbocycles. The van der Waals surface area contributed by atoms with E-state index in [4.69, 9.17) is 15.2 Å². The molecule has 4 atom stereocenters. The van der Waals surface area contributed by atoms with Gasteiger partial charge in [-0.3, -0.25) is 14.5 Å². The summed E-state index contributed by atoms with van der Waals surface area (Å²) < 4.78 is 22.7. The zero-order chi connectivity index (χ0) is 20.4. The van der Waals surface area contributed by atoms with E-state index in [1.54, 1.807) is 18.4 Å². The fourth-order valence-electron chi connectivity index (χ4n) is 3.08. The average Bonchev–Trinajstić information content (AvgIpc) is 2.69. The van der Waals surface area contributed by atoms with Crippen LogP contribution in [0.15, 0.2) is 41.6 Å². The molecule has 2 heterocycles. The quantitative estimate of drug-likeness (QED) is 0.398. The number of benzene rings is 1. The van der Waals surface area contributed by atoms with Crippen molar-refractivity contribution in [3.05, 3.63) is 47.2 Å². The number of carbonyl (C=O) groups excluding carboxylic acids is 3. The van der Waals surface area contributed by atoms with Crippen LogP contribution in [0.2, 0.25) is 0 Å². The van der Waals surface area contributed by atoms with Crippen LogP contribution >= 0.6 is 11.8 Å². The minimum Gasteiger partial charge on any atom is -0.614 e. The van der Waals surface area contributed by atoms with E-state index in [2.05, 4.69) is 0 Å². The maximum Gasteiger partial charge on any atom is 0.355 e. The molecule has 28 heavy (non-hydrogen) atoms. The summed E-state index contributed by atoms with van der Waals surface area (Å²) in [6, 6.07) is 8.13. The second kappa shape index (κ2) is 8.56. The van der Waals surface area contributed by atoms with Crippen molar-refractivity contribution in [2.45, 2.75) is 29.5 Å². The summed E-state index contributed by atoms with van der Waals surface area (Å²) in [5, 5.41) is -0.801. The van der Waals surface area contributed by atoms with Crippen molar-refractivity contribution in [3.8, 4) is 0 Å². The van der Waals surface area contributed by atoms with Crippen LogP contribution in [0.5, 0.6) is 0 Å². The van der Waals surface area contributed by atoms with E-state index in [1.165, 1.54) is 18.7 Å². The fraction of sp³-hybridized carbons (Fsp3) is 0.389. The third-order valence-corrected chi connectivity index (χ3v) is 7.96. The summed E-state index contributed by atoms with van der Waals surface area (Å²) in [4.78, 5) is 37.6. The van der Waals surface area contributed by atoms with Gasteiger partial charge >= 0.3 is 11.9 Å². The summed E-state index contributed by atoms with van der Waals surface area (Å²) in [6.45, 7) is 0.985. The maximum atomic E-state index is 12.9. The van der Waals surface area contributed by atoms with E-state index in [1.807, 2.05) is 18.2 Å². The number of rotatable bonds is 6. The molecule has 10 heteroatoms. The molecule has 0 spiro atoms. The average molecular weight is 425 g/mol. The molecule has 150 valence electrons. The second-order valence-electron chi connectivity index (χ2n) is 6.24. The highest BCUT2D eigenvalue weighted by Crippen LogP contribution is 2.43. The molecule has 1 fully saturated rings. The van der Waals surface area contributed by atoms with Crippen molar-refractivity contribution in [1.82, 2.24) is 4.90 Å². The second-order valence-corrected chi connectivity index (χ2v) is 9.09. The van der Waals surface area contributed by atoms with Crippen LogP contribution < -0.4 is 5.73 Å². The van der Waals surface area contributed by atoms with Gasteiger partial charge < -0.3 is 19.8 Å². The van der Waals surface area contributed by atoms with Crippen LogP contribution in [0.25, 0.3) is 0 Å². The van der Waals surface area contributed by atoms with E-state index < -0.39 is 45.0 Å². The van der Waals surface area contributed by atoms with E-state index in [9.17, 15) is 18.9 Å². The van der Waals surface area contributed by atoms with E-state index in [0.717, 1.165) is 10.5 Å². The highest BCUT2D eigenvalue weighted by Gasteiger charge is 2.62. The Balaban J connectivity index is 1.93. The molecular weight excluding hydrogens is 404 g/mol. The van der Waals surface area contributed by atoms with Gasteiger partial charge in [0.05, 0.1) is 5.57 Å². The lowest BCUT2D eigenvalue weighted by Crippen LogP contribution is -2.74. The summed E-state index contributed by atoms with van der Waals surface area (Å²) in [5.41, 5.74) is 6.86. The van der Waals surface area contributed by atoms with Gasteiger partial charge in [0.1, 0.15) is 18.9 Å². The Morgan fingerprint density at radius 3 is 2.54 bits per heavy atom. The minimum absolute atomic E-state index is 0.00972. The van der Waals surface area contributed by atoms with Crippen molar-refractivity contribution < 1.29 is 28.4 Å². The van der Waals surface area contributed by atoms with Crippen LogP contribution in [0.4, 0.5) is 0 Å². The van der Waals surface area contributed by atoms with Crippen molar-refractivity contribution in [2.75, 3.05) is 12.9 Å². The van der Waals surface area contributed by atoms with Crippen LogP contribution in [0, 0.1) is 0 Å². The summed E-state index contributed by atoms with van der Waals surface area (Å²) >= 11 is -0.311. The standard InChI is InChI=1S/C18H20N2O6S2/c1-10(21)25-9-12-14(17(23)26-8-11-6-4-3-5-7-11)20-15(22)13(19)16(20)28(24)18(12)27-2/h3-7,13,16,18H,8-9,19H2,1-2H3/t13-,16-,18?,28?/m1/s1. The number of nitrogens with two attached hydrogens (primary N) is 1. The fourth-order valence-corrected chi connectivity index (χ4v) is 6.18. The number of fused-ring (bicyclic) bond motifs is 1. The summed E-state index contributed by atoms with van der Waals surface area (Å²) in [5.74, 6) is -1.80. The van der Waals surface area contributed by atoms with E-state index in [0.29, 0.717) is 0 Å². The Kier molecular flexibility index (Phi) is 6.33. The monoisotopic (exact) mass is 424 g/mol. The smallest absolute Gasteiger partial charge is 0.355 e. The molecule has 2 unspecified atom stereocenters. The number of ether oxygens (including phenoxy) is 2. The number of thioether (sulfide) groups is 1. The molecule has 0 bridgehead atoms. The third kappa shape index (κ3) is 3.77. The number of hydrogen-bond acceptors (Lipinski definition) is 8. The lowest BCUT2D eigenvalue weighted by Gasteiger charge is -2.49. The SMILES string of the molecule is CSC1C(COC(C)=O)=C(C(=O)OCc2ccccc2)N2C(=O)[C@@H](N)[C@H]2[S+]1[O-]. The molecule has 2 aliphatic heterocycles. The molecule has 0 radical (unpaired) electrons. The van der Waals surface area contributed by atoms with E-state index in [-0.39, 0.29) is 24.5 Å². The van der Waals surface area contributed by atoms with Gasteiger partial charge in [0.25, 0.3) is 5.91 Å². The highest BCUT2D eigenvalue weighted by molar-refractivity contribution is 8.13. The largest absolute Gasteiger partial charge is 0.614 e. The molecule has 3 rings (SSSR count).